The van der Waals surface area contributed by atoms with Crippen LogP contribution in [0.3, 0.4) is 0 Å². The molecule has 1 aromatic rings. The lowest BCUT2D eigenvalue weighted by atomic mass is 9.97. The predicted octanol–water partition coefficient (Wildman–Crippen LogP) is 1.71. The van der Waals surface area contributed by atoms with E-state index in [9.17, 15) is 9.59 Å². The van der Waals surface area contributed by atoms with Crippen LogP contribution in [0.25, 0.3) is 0 Å². The van der Waals surface area contributed by atoms with Crippen molar-refractivity contribution in [2.45, 2.75) is 25.7 Å². The normalized spacial score (nSPS) is 16.8. The first-order valence-corrected chi connectivity index (χ1v) is 7.55. The van der Waals surface area contributed by atoms with Gasteiger partial charge in [-0.1, -0.05) is 37.3 Å². The van der Waals surface area contributed by atoms with E-state index in [2.05, 4.69) is 29.7 Å². The molecule has 1 atom stereocenters. The molecule has 1 aliphatic heterocycles. The van der Waals surface area contributed by atoms with E-state index < -0.39 is 0 Å². The number of nitrogens with zero attached hydrogens (tertiary/aromatic N) is 1. The summed E-state index contributed by atoms with van der Waals surface area (Å²) in [5.41, 5.74) is 1.24. The molecule has 1 heterocycles. The first kappa shape index (κ1) is 15.4. The van der Waals surface area contributed by atoms with Crippen molar-refractivity contribution in [1.82, 2.24) is 15.5 Å². The van der Waals surface area contributed by atoms with Gasteiger partial charge in [0.1, 0.15) is 0 Å². The number of benzene rings is 1. The summed E-state index contributed by atoms with van der Waals surface area (Å²) in [7, 11) is 0. The molecule has 2 N–H and O–H groups in total. The third-order valence-electron chi connectivity index (χ3n) is 3.86. The SMILES string of the molecule is CCC(CNC(=O)N1CCNC(=O)CC1)c1ccccc1. The smallest absolute Gasteiger partial charge is 0.317 e. The van der Waals surface area contributed by atoms with Crippen LogP contribution in [0.15, 0.2) is 30.3 Å². The Morgan fingerprint density at radius 2 is 2.10 bits per heavy atom. The summed E-state index contributed by atoms with van der Waals surface area (Å²) < 4.78 is 0. The van der Waals surface area contributed by atoms with E-state index in [0.717, 1.165) is 6.42 Å². The molecule has 5 heteroatoms. The van der Waals surface area contributed by atoms with Crippen molar-refractivity contribution in [2.75, 3.05) is 26.2 Å². The summed E-state index contributed by atoms with van der Waals surface area (Å²) in [5.74, 6) is 0.336. The molecule has 0 spiro atoms. The highest BCUT2D eigenvalue weighted by molar-refractivity contribution is 5.79. The minimum atomic E-state index is -0.0825. The van der Waals surface area contributed by atoms with Gasteiger partial charge in [-0.15, -0.1) is 0 Å². The molecule has 0 radical (unpaired) electrons. The Labute approximate surface area is 125 Å². The Bertz CT molecular complexity index is 476. The van der Waals surface area contributed by atoms with Gasteiger partial charge in [0.05, 0.1) is 0 Å². The molecule has 1 aromatic carbocycles. The molecule has 21 heavy (non-hydrogen) atoms. The minimum Gasteiger partial charge on any atom is -0.354 e. The Balaban J connectivity index is 1.86. The molecule has 1 fully saturated rings. The van der Waals surface area contributed by atoms with Crippen LogP contribution in [0.4, 0.5) is 4.79 Å². The molecule has 1 unspecified atom stereocenters. The van der Waals surface area contributed by atoms with E-state index in [1.54, 1.807) is 4.90 Å². The van der Waals surface area contributed by atoms with Crippen LogP contribution in [-0.2, 0) is 4.79 Å². The number of amides is 3. The molecule has 114 valence electrons. The lowest BCUT2D eigenvalue weighted by Crippen LogP contribution is -2.43. The molecule has 0 aromatic heterocycles. The number of hydrogen-bond acceptors (Lipinski definition) is 2. The fraction of sp³-hybridized carbons (Fsp3) is 0.500. The third-order valence-corrected chi connectivity index (χ3v) is 3.86. The van der Waals surface area contributed by atoms with Gasteiger partial charge in [0, 0.05) is 38.5 Å². The van der Waals surface area contributed by atoms with Crippen LogP contribution in [0.5, 0.6) is 0 Å². The van der Waals surface area contributed by atoms with Gasteiger partial charge in [-0.2, -0.15) is 0 Å². The zero-order chi connectivity index (χ0) is 15.1. The van der Waals surface area contributed by atoms with E-state index >= 15 is 0 Å². The molecule has 0 saturated carbocycles. The van der Waals surface area contributed by atoms with E-state index in [1.165, 1.54) is 5.56 Å². The van der Waals surface area contributed by atoms with Gasteiger partial charge in [0.15, 0.2) is 0 Å². The Kier molecular flexibility index (Phi) is 5.60. The van der Waals surface area contributed by atoms with Gasteiger partial charge in [-0.25, -0.2) is 4.79 Å². The highest BCUT2D eigenvalue weighted by Crippen LogP contribution is 2.18. The maximum absolute atomic E-state index is 12.2. The second kappa shape index (κ2) is 7.67. The zero-order valence-corrected chi connectivity index (χ0v) is 12.5. The van der Waals surface area contributed by atoms with Crippen molar-refractivity contribution in [3.05, 3.63) is 35.9 Å². The highest BCUT2D eigenvalue weighted by Gasteiger charge is 2.19. The van der Waals surface area contributed by atoms with Crippen molar-refractivity contribution in [1.29, 1.82) is 0 Å². The first-order chi connectivity index (χ1) is 10.2. The van der Waals surface area contributed by atoms with Gasteiger partial charge in [0.25, 0.3) is 0 Å². The average Bonchev–Trinajstić information content (AvgIpc) is 2.73. The zero-order valence-electron chi connectivity index (χ0n) is 12.5. The van der Waals surface area contributed by atoms with Crippen molar-refractivity contribution in [3.8, 4) is 0 Å². The Morgan fingerprint density at radius 1 is 1.33 bits per heavy atom. The van der Waals surface area contributed by atoms with Gasteiger partial charge in [0.2, 0.25) is 5.91 Å². The summed E-state index contributed by atoms with van der Waals surface area (Å²) >= 11 is 0. The Morgan fingerprint density at radius 3 is 2.81 bits per heavy atom. The van der Waals surface area contributed by atoms with Gasteiger partial charge >= 0.3 is 6.03 Å². The lowest BCUT2D eigenvalue weighted by molar-refractivity contribution is -0.120. The molecule has 0 bridgehead atoms. The number of carbonyl (C=O) groups is 2. The van der Waals surface area contributed by atoms with E-state index in [4.69, 9.17) is 0 Å². The molecule has 2 rings (SSSR count). The number of hydrogen-bond donors (Lipinski definition) is 2. The van der Waals surface area contributed by atoms with Crippen LogP contribution in [0, 0.1) is 0 Å². The summed E-state index contributed by atoms with van der Waals surface area (Å²) in [5, 5.41) is 5.76. The van der Waals surface area contributed by atoms with Gasteiger partial charge in [-0.05, 0) is 12.0 Å². The van der Waals surface area contributed by atoms with Gasteiger partial charge in [-0.3, -0.25) is 4.79 Å². The van der Waals surface area contributed by atoms with Crippen LogP contribution in [-0.4, -0.2) is 43.0 Å². The predicted molar refractivity (Wildman–Crippen MR) is 82.1 cm³/mol. The maximum atomic E-state index is 12.2. The fourth-order valence-electron chi connectivity index (χ4n) is 2.52. The molecule has 1 aliphatic rings. The summed E-state index contributed by atoms with van der Waals surface area (Å²) in [4.78, 5) is 25.2. The number of urea groups is 1. The molecule has 1 saturated heterocycles. The number of nitrogens with one attached hydrogen (secondary N) is 2. The largest absolute Gasteiger partial charge is 0.354 e. The number of rotatable bonds is 4. The average molecular weight is 289 g/mol. The van der Waals surface area contributed by atoms with Crippen LogP contribution in [0.2, 0.25) is 0 Å². The van der Waals surface area contributed by atoms with Crippen LogP contribution in [0.1, 0.15) is 31.2 Å². The summed E-state index contributed by atoms with van der Waals surface area (Å²) in [6.45, 7) is 4.33. The molecule has 0 aliphatic carbocycles. The van der Waals surface area contributed by atoms with E-state index in [-0.39, 0.29) is 11.9 Å². The molecule has 3 amide bonds. The van der Waals surface area contributed by atoms with E-state index in [0.29, 0.717) is 38.5 Å². The second-order valence-corrected chi connectivity index (χ2v) is 5.29. The third kappa shape index (κ3) is 4.48. The summed E-state index contributed by atoms with van der Waals surface area (Å²) in [6.07, 6.45) is 1.35. The highest BCUT2D eigenvalue weighted by atomic mass is 16.2. The summed E-state index contributed by atoms with van der Waals surface area (Å²) in [6, 6.07) is 10.1. The van der Waals surface area contributed by atoms with Crippen LogP contribution < -0.4 is 10.6 Å². The van der Waals surface area contributed by atoms with Gasteiger partial charge < -0.3 is 15.5 Å². The molecular weight excluding hydrogens is 266 g/mol. The quantitative estimate of drug-likeness (QED) is 0.886. The minimum absolute atomic E-state index is 0.0148. The topological polar surface area (TPSA) is 61.4 Å². The monoisotopic (exact) mass is 289 g/mol. The van der Waals surface area contributed by atoms with Crippen molar-refractivity contribution in [2.24, 2.45) is 0 Å². The molecule has 5 nitrogen and oxygen atoms in total. The first-order valence-electron chi connectivity index (χ1n) is 7.55. The number of carbonyl (C=O) groups excluding carboxylic acids is 2. The van der Waals surface area contributed by atoms with Crippen molar-refractivity contribution >= 4 is 11.9 Å². The van der Waals surface area contributed by atoms with Crippen LogP contribution >= 0.6 is 0 Å². The van der Waals surface area contributed by atoms with E-state index in [1.807, 2.05) is 18.2 Å². The van der Waals surface area contributed by atoms with Crippen molar-refractivity contribution < 1.29 is 9.59 Å². The van der Waals surface area contributed by atoms with Crippen molar-refractivity contribution in [3.63, 3.8) is 0 Å². The maximum Gasteiger partial charge on any atom is 0.317 e. The Hall–Kier alpha value is -2.04. The molecular formula is C16H23N3O2. The second-order valence-electron chi connectivity index (χ2n) is 5.29. The fourth-order valence-corrected chi connectivity index (χ4v) is 2.52. The lowest BCUT2D eigenvalue weighted by Gasteiger charge is -2.22. The standard InChI is InChI=1S/C16H23N3O2/c1-2-13(14-6-4-3-5-7-14)12-18-16(21)19-10-8-15(20)17-9-11-19/h3-7,13H,2,8-12H2,1H3,(H,17,20)(H,18,21).